The van der Waals surface area contributed by atoms with Gasteiger partial charge < -0.3 is 18.9 Å². The van der Waals surface area contributed by atoms with Crippen LogP contribution in [0.4, 0.5) is 0 Å². The molecule has 7 nitrogen and oxygen atoms in total. The monoisotopic (exact) mass is 1600 g/mol. The minimum Gasteiger partial charge on any atom is -0.462 e. The van der Waals surface area contributed by atoms with E-state index < -0.39 is 11.9 Å². The Balaban J connectivity index is 1.37. The van der Waals surface area contributed by atoms with Gasteiger partial charge in [0.25, 0.3) is 0 Å². The van der Waals surface area contributed by atoms with E-state index in [0.29, 0.717) is 17.7 Å². The Bertz CT molecular complexity index is 3500. The quantitative estimate of drug-likeness (QED) is 0.00714. The second kappa shape index (κ2) is 52.3. The summed E-state index contributed by atoms with van der Waals surface area (Å²) in [5.41, 5.74) is 9.32. The summed E-state index contributed by atoms with van der Waals surface area (Å²) >= 11 is 13.5. The third-order valence-electron chi connectivity index (χ3n) is 20.2. The highest BCUT2D eigenvalue weighted by molar-refractivity contribution is 7.31. The van der Waals surface area contributed by atoms with E-state index in [1.54, 1.807) is 31.3 Å². The van der Waals surface area contributed by atoms with Crippen LogP contribution in [0.15, 0.2) is 59.7 Å². The number of carbonyl (C=O) groups is 3. The first-order chi connectivity index (χ1) is 52.4. The topological polar surface area (TPSA) is 88.1 Å². The van der Waals surface area contributed by atoms with Crippen LogP contribution in [0.2, 0.25) is 0 Å². The van der Waals surface area contributed by atoms with Crippen molar-refractivity contribution in [2.75, 3.05) is 26.4 Å². The number of aryl methyl sites for hydroxylation is 6. The first-order valence-corrected chi connectivity index (χ1v) is 48.6. The summed E-state index contributed by atoms with van der Waals surface area (Å²) in [6.07, 6.45) is 54.7. The van der Waals surface area contributed by atoms with E-state index in [-0.39, 0.29) is 31.4 Å². The van der Waals surface area contributed by atoms with Crippen LogP contribution in [0.1, 0.15) is 344 Å². The maximum absolute atomic E-state index is 13.6. The number of esters is 3. The molecule has 0 fully saturated rings. The fraction of sp³-hybridized carbons (Fsp3) is 0.609. The highest BCUT2D eigenvalue weighted by Gasteiger charge is 2.27. The Labute approximate surface area is 678 Å². The second-order valence-corrected chi connectivity index (χ2v) is 37.1. The van der Waals surface area contributed by atoms with Gasteiger partial charge in [-0.15, -0.1) is 79.4 Å². The minimum absolute atomic E-state index is 0.0525. The summed E-state index contributed by atoms with van der Waals surface area (Å²) < 4.78 is 22.4. The van der Waals surface area contributed by atoms with E-state index in [2.05, 4.69) is 98.9 Å². The zero-order valence-electron chi connectivity index (χ0n) is 67.5. The molecule has 7 aromatic heterocycles. The standard InChI is InChI=1S/C92H133O7PS7/c1-11-21-27-33-39-45-51-67-59-73(65-75(89(93)96-17-7)90(94)97-18-8)101-85(67)79-63-71(55-49-43-37-31-25-15-5)87(106-79)81-61-69(53-47-41-35-29-23-13-3)83(104-81)77-57-58-78(103-77)84-70(54-48-42-36-30-24-14-4)62-82(105-84)88-72(56-50-44-38-32-26-16-6)64-80(107-88)86-68(52-46-40-34-28-22-12-2)60-74(102-86)66-76(91(95)98-19-9)92(100)99-20-10/h57-66,100H,11-56H2,1-10H3. The van der Waals surface area contributed by atoms with Gasteiger partial charge >= 0.3 is 17.9 Å². The molecule has 0 saturated carbocycles. The number of hydrogen-bond donors (Lipinski definition) is 0. The largest absolute Gasteiger partial charge is 0.462 e. The summed E-state index contributed by atoms with van der Waals surface area (Å²) in [7, 11) is 3.69. The highest BCUT2D eigenvalue weighted by atomic mass is 32.1. The van der Waals surface area contributed by atoms with Crippen LogP contribution in [0.5, 0.6) is 0 Å². The third kappa shape index (κ3) is 29.8. The van der Waals surface area contributed by atoms with Gasteiger partial charge in [-0.1, -0.05) is 243 Å². The van der Waals surface area contributed by atoms with E-state index >= 15 is 0 Å². The fourth-order valence-corrected chi connectivity index (χ4v) is 23.6. The molecule has 0 aliphatic carbocycles. The molecule has 0 N–H and O–H groups in total. The molecule has 0 radical (unpaired) electrons. The van der Waals surface area contributed by atoms with Gasteiger partial charge in [0.1, 0.15) is 11.1 Å². The SMILES string of the molecule is CCCCCCCCc1cc(C=C(C(=O)OCC)C(=O)OCC)sc1-c1cc(CCCCCCCC)c(-c2cc(CCCCCCCC)c(-c3ccc(-c4sc(-c5sc(-c6sc(C=C(C(=O)OCC)C(=P)OCC)cc6CCCCCCCC)cc5CCCCCCCC)cc4CCCCCCCC)s3)s2)s1. The molecule has 7 aromatic rings. The van der Waals surface area contributed by atoms with Gasteiger partial charge in [0, 0.05) is 68.3 Å². The van der Waals surface area contributed by atoms with Crippen molar-refractivity contribution in [3.8, 4) is 58.5 Å². The van der Waals surface area contributed by atoms with Gasteiger partial charge in [0.15, 0.2) is 0 Å². The molecule has 0 unspecified atom stereocenters. The number of ether oxygens (including phenoxy) is 4. The predicted octanol–water partition coefficient (Wildman–Crippen LogP) is 31.3. The lowest BCUT2D eigenvalue weighted by molar-refractivity contribution is -0.146. The van der Waals surface area contributed by atoms with Crippen molar-refractivity contribution >= 4 is 124 Å². The lowest BCUT2D eigenvalue weighted by Gasteiger charge is -2.08. The van der Waals surface area contributed by atoms with Crippen LogP contribution in [-0.4, -0.2) is 49.8 Å². The van der Waals surface area contributed by atoms with E-state index in [4.69, 9.17) is 18.9 Å². The molecule has 0 aromatic carbocycles. The highest BCUT2D eigenvalue weighted by Crippen LogP contribution is 2.53. The van der Waals surface area contributed by atoms with Gasteiger partial charge in [0.2, 0.25) is 0 Å². The van der Waals surface area contributed by atoms with Crippen LogP contribution in [0, 0.1) is 0 Å². The molecule has 0 spiro atoms. The van der Waals surface area contributed by atoms with Crippen LogP contribution in [0.3, 0.4) is 0 Å². The first kappa shape index (κ1) is 90.1. The van der Waals surface area contributed by atoms with Crippen molar-refractivity contribution in [3.05, 3.63) is 103 Å². The number of rotatable bonds is 59. The molecule has 0 amide bonds. The van der Waals surface area contributed by atoms with Crippen molar-refractivity contribution in [2.45, 2.75) is 339 Å². The Morgan fingerprint density at radius 1 is 0.271 bits per heavy atom. The molecule has 0 bridgehead atoms. The average Bonchev–Trinajstić information content (AvgIpc) is 1.62. The summed E-state index contributed by atoms with van der Waals surface area (Å²) in [6, 6.07) is 19.8. The van der Waals surface area contributed by atoms with Crippen molar-refractivity contribution in [1.29, 1.82) is 0 Å². The normalized spacial score (nSPS) is 11.7. The van der Waals surface area contributed by atoms with Crippen LogP contribution in [-0.2, 0) is 71.9 Å². The predicted molar refractivity (Wildman–Crippen MR) is 477 cm³/mol. The van der Waals surface area contributed by atoms with Crippen molar-refractivity contribution < 1.29 is 33.3 Å². The molecule has 0 atom stereocenters. The molecule has 590 valence electrons. The zero-order chi connectivity index (χ0) is 76.4. The number of hydrogen-bond acceptors (Lipinski definition) is 14. The lowest BCUT2D eigenvalue weighted by atomic mass is 10.0. The van der Waals surface area contributed by atoms with E-state index in [0.717, 1.165) is 67.5 Å². The smallest absolute Gasteiger partial charge is 0.345 e. The Morgan fingerprint density at radius 2 is 0.495 bits per heavy atom. The molecule has 7 heterocycles. The Hall–Kier alpha value is -4.08. The molecule has 0 saturated heterocycles. The first-order valence-electron chi connectivity index (χ1n) is 42.4. The van der Waals surface area contributed by atoms with Crippen LogP contribution >= 0.6 is 88.2 Å². The van der Waals surface area contributed by atoms with Crippen molar-refractivity contribution in [1.82, 2.24) is 0 Å². The number of thiophene rings is 7. The van der Waals surface area contributed by atoms with Gasteiger partial charge in [-0.2, -0.15) is 0 Å². The van der Waals surface area contributed by atoms with E-state index in [1.165, 1.54) is 304 Å². The second-order valence-electron chi connectivity index (χ2n) is 29.2. The lowest BCUT2D eigenvalue weighted by Crippen LogP contribution is -2.18. The van der Waals surface area contributed by atoms with E-state index in [9.17, 15) is 14.4 Å². The maximum atomic E-state index is 13.6. The maximum Gasteiger partial charge on any atom is 0.345 e. The van der Waals surface area contributed by atoms with E-state index in [1.807, 2.05) is 87.9 Å². The molecule has 15 heteroatoms. The summed E-state index contributed by atoms with van der Waals surface area (Å²) in [5, 5.41) is 0. The van der Waals surface area contributed by atoms with Crippen molar-refractivity contribution in [2.24, 2.45) is 0 Å². The fourth-order valence-electron chi connectivity index (χ4n) is 14.3. The molecule has 0 aliphatic rings. The Kier molecular flexibility index (Phi) is 44.0. The third-order valence-corrected chi connectivity index (χ3v) is 29.8. The summed E-state index contributed by atoms with van der Waals surface area (Å²) in [5.74, 6) is -1.67. The molecular formula is C92H133O7PS7. The zero-order valence-corrected chi connectivity index (χ0v) is 74.2. The average molecular weight is 1610 g/mol. The van der Waals surface area contributed by atoms with Crippen LogP contribution in [0.25, 0.3) is 70.7 Å². The minimum atomic E-state index is -0.641. The van der Waals surface area contributed by atoms with Gasteiger partial charge in [0.05, 0.1) is 32.0 Å². The number of carbonyl (C=O) groups excluding carboxylic acids is 3. The number of unbranched alkanes of at least 4 members (excludes halogenated alkanes) is 30. The van der Waals surface area contributed by atoms with Gasteiger partial charge in [-0.25, -0.2) is 14.4 Å². The summed E-state index contributed by atoms with van der Waals surface area (Å²) in [4.78, 5) is 58.8. The molecule has 0 aliphatic heterocycles. The molecule has 7 rings (SSSR count). The van der Waals surface area contributed by atoms with Crippen molar-refractivity contribution in [3.63, 3.8) is 0 Å². The van der Waals surface area contributed by atoms with Crippen LogP contribution < -0.4 is 0 Å². The molecule has 107 heavy (non-hydrogen) atoms. The molecular weight excluding hydrogens is 1470 g/mol. The van der Waals surface area contributed by atoms with Gasteiger partial charge in [-0.3, -0.25) is 0 Å². The van der Waals surface area contributed by atoms with Gasteiger partial charge in [-0.05, 0) is 199 Å². The Morgan fingerprint density at radius 3 is 0.766 bits per heavy atom. The summed E-state index contributed by atoms with van der Waals surface area (Å²) in [6.45, 7) is 22.2.